The standard InChI is InChI=1S/C37H55N5O14S2/c1-21-17-28(50-4)22(2)23(3)33(21)57(45,46)41-27(19-54-30-29(20-55-58(47,48)49)56-37(53-7)32(52-6)31(30)51-5)35(43)40-26(36(44)42-15-9-8-10-16-42)18-24-11-13-25(14-12-24)34(38)39/h11-14,17,26-27,29-32,37,41H,8-10,15-16,18-20H2,1-7H3,(H3,38,39)(H,40,43)(H,47,48,49)/p-1/t26?,27?,29-,30-,31+,32-,37+/m1/s1. The molecular formula is C37H54N5O14S2-. The fourth-order valence-corrected chi connectivity index (χ4v) is 9.20. The normalized spacial score (nSPS) is 22.6. The van der Waals surface area contributed by atoms with Crippen molar-refractivity contribution in [2.75, 3.05) is 54.7 Å². The van der Waals surface area contributed by atoms with Gasteiger partial charge in [0.15, 0.2) is 6.29 Å². The van der Waals surface area contributed by atoms with Crippen LogP contribution in [0.15, 0.2) is 35.2 Å². The number of likely N-dealkylation sites (tertiary alicyclic amines) is 1. The van der Waals surface area contributed by atoms with Crippen molar-refractivity contribution in [1.82, 2.24) is 14.9 Å². The number of aryl methyl sites for hydroxylation is 1. The van der Waals surface area contributed by atoms with Gasteiger partial charge in [-0.15, -0.1) is 0 Å². The van der Waals surface area contributed by atoms with Gasteiger partial charge in [-0.05, 0) is 68.4 Å². The molecule has 5 N–H and O–H groups in total. The number of sulfonamides is 1. The Morgan fingerprint density at radius 3 is 2.12 bits per heavy atom. The highest BCUT2D eigenvalue weighted by Gasteiger charge is 2.49. The highest BCUT2D eigenvalue weighted by Crippen LogP contribution is 2.32. The van der Waals surface area contributed by atoms with Crippen molar-refractivity contribution in [2.45, 2.75) is 94.1 Å². The van der Waals surface area contributed by atoms with Crippen LogP contribution in [-0.2, 0) is 64.3 Å². The quantitative estimate of drug-likeness (QED) is 0.0651. The van der Waals surface area contributed by atoms with Crippen molar-refractivity contribution in [3.05, 3.63) is 58.1 Å². The number of carbonyl (C=O) groups excluding carboxylic acids is 2. The average Bonchev–Trinajstić information content (AvgIpc) is 3.18. The summed E-state index contributed by atoms with van der Waals surface area (Å²) >= 11 is 0. The van der Waals surface area contributed by atoms with Crippen LogP contribution in [-0.4, -0.2) is 141 Å². The number of hydrogen-bond donors (Lipinski definition) is 4. The Morgan fingerprint density at radius 1 is 0.931 bits per heavy atom. The van der Waals surface area contributed by atoms with Crippen LogP contribution in [0.3, 0.4) is 0 Å². The zero-order chi connectivity index (χ0) is 42.9. The van der Waals surface area contributed by atoms with E-state index < -0.39 is 82.3 Å². The van der Waals surface area contributed by atoms with E-state index >= 15 is 0 Å². The molecule has 58 heavy (non-hydrogen) atoms. The summed E-state index contributed by atoms with van der Waals surface area (Å²) in [7, 11) is -4.35. The predicted octanol–water partition coefficient (Wildman–Crippen LogP) is 0.555. The van der Waals surface area contributed by atoms with Crippen molar-refractivity contribution < 1.29 is 63.6 Å². The van der Waals surface area contributed by atoms with E-state index in [1.54, 1.807) is 56.0 Å². The molecule has 2 amide bonds. The van der Waals surface area contributed by atoms with Crippen LogP contribution in [0.5, 0.6) is 5.75 Å². The van der Waals surface area contributed by atoms with Crippen molar-refractivity contribution in [2.24, 2.45) is 5.73 Å². The Kier molecular flexibility index (Phi) is 16.6. The number of piperidine rings is 1. The number of methoxy groups -OCH3 is 4. The lowest BCUT2D eigenvalue weighted by Crippen LogP contribution is -2.62. The summed E-state index contributed by atoms with van der Waals surface area (Å²) in [6.07, 6.45) is -3.45. The molecule has 7 atom stereocenters. The van der Waals surface area contributed by atoms with Gasteiger partial charge >= 0.3 is 0 Å². The summed E-state index contributed by atoms with van der Waals surface area (Å²) < 4.78 is 104. The van der Waals surface area contributed by atoms with E-state index in [9.17, 15) is 31.0 Å². The Balaban J connectivity index is 1.75. The summed E-state index contributed by atoms with van der Waals surface area (Å²) in [6.45, 7) is 4.23. The van der Waals surface area contributed by atoms with Crippen LogP contribution >= 0.6 is 0 Å². The fraction of sp³-hybridized carbons (Fsp3) is 0.595. The number of carbonyl (C=O) groups is 2. The van der Waals surface area contributed by atoms with Crippen LogP contribution in [0, 0.1) is 26.2 Å². The molecule has 324 valence electrons. The van der Waals surface area contributed by atoms with Gasteiger partial charge in [0.25, 0.3) is 0 Å². The molecule has 0 aliphatic carbocycles. The molecule has 2 saturated heterocycles. The van der Waals surface area contributed by atoms with Crippen LogP contribution < -0.4 is 20.5 Å². The SMILES string of the molecule is COc1cc(C)c(S(=O)(=O)NC(CO[C@H]2[C@H](OC)[C@@H](OC)[C@@H](OC)O[C@@H]2COS(=O)(=O)[O-])C(=O)NC(Cc2ccc(C(=N)N)cc2)C(=O)N2CCCCC2)c(C)c1C. The molecule has 0 aromatic heterocycles. The molecule has 2 aliphatic heterocycles. The van der Waals surface area contributed by atoms with Crippen LogP contribution in [0.1, 0.15) is 47.1 Å². The number of nitrogens with two attached hydrogens (primary N) is 1. The van der Waals surface area contributed by atoms with Gasteiger partial charge in [0, 0.05) is 46.4 Å². The minimum Gasteiger partial charge on any atom is -0.726 e. The highest BCUT2D eigenvalue weighted by molar-refractivity contribution is 7.89. The van der Waals surface area contributed by atoms with Gasteiger partial charge in [0.1, 0.15) is 48.1 Å². The number of hydrogen-bond acceptors (Lipinski definition) is 15. The van der Waals surface area contributed by atoms with Gasteiger partial charge in [-0.3, -0.25) is 19.2 Å². The first-order valence-corrected chi connectivity index (χ1v) is 21.3. The van der Waals surface area contributed by atoms with E-state index in [0.717, 1.165) is 19.3 Å². The van der Waals surface area contributed by atoms with Crippen LogP contribution in [0.25, 0.3) is 0 Å². The third-order valence-corrected chi connectivity index (χ3v) is 12.5. The second kappa shape index (κ2) is 20.5. The number of amidine groups is 1. The lowest BCUT2D eigenvalue weighted by atomic mass is 9.98. The first-order valence-electron chi connectivity index (χ1n) is 18.5. The smallest absolute Gasteiger partial charge is 0.245 e. The number of amides is 2. The Bertz CT molecular complexity index is 1980. The topological polar surface area (TPSA) is 267 Å². The Hall–Kier alpha value is -3.77. The summed E-state index contributed by atoms with van der Waals surface area (Å²) in [6, 6.07) is 5.25. The number of nitrogen functional groups attached to an aromatic ring is 1. The van der Waals surface area contributed by atoms with Crippen molar-refractivity contribution >= 4 is 38.1 Å². The number of benzene rings is 2. The fourth-order valence-electron chi connectivity index (χ4n) is 7.20. The monoisotopic (exact) mass is 856 g/mol. The van der Waals surface area contributed by atoms with Gasteiger partial charge in [-0.25, -0.2) is 16.8 Å². The predicted molar refractivity (Wildman–Crippen MR) is 207 cm³/mol. The molecule has 0 radical (unpaired) electrons. The van der Waals surface area contributed by atoms with E-state index in [1.807, 2.05) is 0 Å². The number of rotatable bonds is 19. The number of nitrogens with zero attached hydrogens (tertiary/aromatic N) is 1. The molecule has 19 nitrogen and oxygen atoms in total. The van der Waals surface area contributed by atoms with Gasteiger partial charge in [-0.2, -0.15) is 4.72 Å². The molecule has 2 aromatic rings. The second-order valence-electron chi connectivity index (χ2n) is 14.1. The van der Waals surface area contributed by atoms with E-state index in [2.05, 4.69) is 14.2 Å². The molecule has 2 aromatic carbocycles. The molecule has 2 unspecified atom stereocenters. The van der Waals surface area contributed by atoms with E-state index in [-0.39, 0.29) is 23.1 Å². The van der Waals surface area contributed by atoms with E-state index in [0.29, 0.717) is 46.7 Å². The van der Waals surface area contributed by atoms with Crippen molar-refractivity contribution in [3.8, 4) is 5.75 Å². The summed E-state index contributed by atoms with van der Waals surface area (Å²) in [5.74, 6) is -1.00. The molecular weight excluding hydrogens is 803 g/mol. The maximum atomic E-state index is 14.5. The largest absolute Gasteiger partial charge is 0.726 e. The average molecular weight is 857 g/mol. The first kappa shape index (κ1) is 46.9. The molecule has 21 heteroatoms. The minimum absolute atomic E-state index is 0.00863. The zero-order valence-corrected chi connectivity index (χ0v) is 35.3. The first-order chi connectivity index (χ1) is 27.3. The lowest BCUT2D eigenvalue weighted by Gasteiger charge is -2.44. The Morgan fingerprint density at radius 2 is 1.57 bits per heavy atom. The van der Waals surface area contributed by atoms with E-state index in [4.69, 9.17) is 39.6 Å². The molecule has 0 saturated carbocycles. The van der Waals surface area contributed by atoms with E-state index in [1.165, 1.54) is 28.4 Å². The molecule has 0 spiro atoms. The van der Waals surface area contributed by atoms with Crippen molar-refractivity contribution in [3.63, 3.8) is 0 Å². The van der Waals surface area contributed by atoms with Crippen LogP contribution in [0.4, 0.5) is 0 Å². The van der Waals surface area contributed by atoms with Gasteiger partial charge in [0.05, 0.1) is 25.2 Å². The summed E-state index contributed by atoms with van der Waals surface area (Å²) in [5, 5.41) is 10.5. The zero-order valence-electron chi connectivity index (χ0n) is 33.6. The lowest BCUT2D eigenvalue weighted by molar-refractivity contribution is -0.308. The molecule has 4 rings (SSSR count). The van der Waals surface area contributed by atoms with Gasteiger partial charge in [-0.1, -0.05) is 24.3 Å². The molecule has 2 fully saturated rings. The maximum Gasteiger partial charge on any atom is 0.245 e. The maximum absolute atomic E-state index is 14.5. The highest BCUT2D eigenvalue weighted by atomic mass is 32.3. The third kappa shape index (κ3) is 11.7. The Labute approximate surface area is 339 Å². The van der Waals surface area contributed by atoms with Crippen LogP contribution in [0.2, 0.25) is 0 Å². The molecule has 0 bridgehead atoms. The van der Waals surface area contributed by atoms with Gasteiger partial charge < -0.3 is 48.9 Å². The number of nitrogens with one attached hydrogen (secondary N) is 3. The van der Waals surface area contributed by atoms with Gasteiger partial charge in [0.2, 0.25) is 32.2 Å². The number of ether oxygens (including phenoxy) is 6. The summed E-state index contributed by atoms with van der Waals surface area (Å²) in [4.78, 5) is 30.1. The summed E-state index contributed by atoms with van der Waals surface area (Å²) in [5.41, 5.74) is 7.96. The molecule has 2 aliphatic rings. The van der Waals surface area contributed by atoms with Crippen molar-refractivity contribution in [1.29, 1.82) is 5.41 Å². The second-order valence-corrected chi connectivity index (χ2v) is 16.8. The third-order valence-electron chi connectivity index (χ3n) is 10.3. The molecule has 2 heterocycles. The minimum atomic E-state index is -5.21.